The van der Waals surface area contributed by atoms with E-state index in [1.54, 1.807) is 23.4 Å². The van der Waals surface area contributed by atoms with Crippen molar-refractivity contribution < 1.29 is 14.7 Å². The van der Waals surface area contributed by atoms with Crippen molar-refractivity contribution in [2.75, 3.05) is 24.5 Å². The summed E-state index contributed by atoms with van der Waals surface area (Å²) in [7, 11) is 1.71. The lowest BCUT2D eigenvalue weighted by Crippen LogP contribution is -2.34. The van der Waals surface area contributed by atoms with Crippen LogP contribution >= 0.6 is 24.0 Å². The molecule has 1 N–H and O–H groups in total. The highest BCUT2D eigenvalue weighted by molar-refractivity contribution is 8.26. The predicted octanol–water partition coefficient (Wildman–Crippen LogP) is 5.74. The molecule has 212 valence electrons. The third-order valence-corrected chi connectivity index (χ3v) is 8.92. The Balaban J connectivity index is 1.66. The molecule has 0 radical (unpaired) electrons. The molecule has 2 saturated heterocycles. The van der Waals surface area contributed by atoms with Gasteiger partial charge in [-0.3, -0.25) is 23.9 Å². The monoisotopic (exact) mass is 572 g/mol. The Morgan fingerprint density at radius 1 is 1.03 bits per heavy atom. The Morgan fingerprint density at radius 3 is 2.21 bits per heavy atom. The number of carboxylic acid groups (broad SMARTS) is 1. The molecule has 0 bridgehead atoms. The Kier molecular flexibility index (Phi) is 12.1. The van der Waals surface area contributed by atoms with Crippen molar-refractivity contribution in [3.8, 4) is 6.07 Å². The second-order valence-corrected chi connectivity index (χ2v) is 12.1. The lowest BCUT2D eigenvalue weighted by molar-refractivity contribution is -0.137. The number of carbonyl (C=O) groups excluding carboxylic acids is 1. The zero-order chi connectivity index (χ0) is 28.4. The standard InChI is InChI=1S/C29H40N4O4S2/c1-21-22(26(31(2)27(36)23(21)20-30)32-16-12-9-10-13-17-32)19-24-28(37)33(29(38)39-24)18-14-8-6-4-3-5-7-11-15-25(34)35/h19H,3-18H2,1-2H3,(H,34,35). The number of carboxylic acids is 1. The molecule has 3 heterocycles. The third kappa shape index (κ3) is 8.18. The second kappa shape index (κ2) is 15.2. The molecule has 10 heteroatoms. The van der Waals surface area contributed by atoms with E-state index in [2.05, 4.69) is 11.0 Å². The summed E-state index contributed by atoms with van der Waals surface area (Å²) in [5.41, 5.74) is 1.16. The molecule has 1 aromatic heterocycles. The molecular formula is C29H40N4O4S2. The van der Waals surface area contributed by atoms with E-state index >= 15 is 0 Å². The van der Waals surface area contributed by atoms with Crippen molar-refractivity contribution >= 4 is 52.1 Å². The van der Waals surface area contributed by atoms with Crippen molar-refractivity contribution in [2.24, 2.45) is 7.05 Å². The van der Waals surface area contributed by atoms with E-state index in [0.29, 0.717) is 21.3 Å². The zero-order valence-corrected chi connectivity index (χ0v) is 24.8. The van der Waals surface area contributed by atoms with E-state index in [9.17, 15) is 19.6 Å². The normalized spacial score (nSPS) is 17.1. The Bertz CT molecular complexity index is 1190. The van der Waals surface area contributed by atoms with Gasteiger partial charge in [-0.15, -0.1) is 0 Å². The molecule has 0 spiro atoms. The summed E-state index contributed by atoms with van der Waals surface area (Å²) in [6.45, 7) is 4.04. The van der Waals surface area contributed by atoms with Crippen LogP contribution in [0, 0.1) is 18.3 Å². The summed E-state index contributed by atoms with van der Waals surface area (Å²) < 4.78 is 2.11. The lowest BCUT2D eigenvalue weighted by Gasteiger charge is -2.28. The largest absolute Gasteiger partial charge is 0.481 e. The molecule has 1 aromatic rings. The number of unbranched alkanes of at least 4 members (excludes halogenated alkanes) is 7. The minimum atomic E-state index is -0.727. The van der Waals surface area contributed by atoms with E-state index in [0.717, 1.165) is 102 Å². The number of thioether (sulfide) groups is 1. The first-order valence-corrected chi connectivity index (χ1v) is 15.3. The van der Waals surface area contributed by atoms with Crippen molar-refractivity contribution in [3.63, 3.8) is 0 Å². The van der Waals surface area contributed by atoms with E-state index in [-0.39, 0.29) is 23.5 Å². The van der Waals surface area contributed by atoms with Crippen molar-refractivity contribution in [3.05, 3.63) is 31.9 Å². The van der Waals surface area contributed by atoms with Crippen LogP contribution in [0.4, 0.5) is 5.82 Å². The number of pyridine rings is 1. The van der Waals surface area contributed by atoms with Crippen molar-refractivity contribution in [1.29, 1.82) is 5.26 Å². The number of rotatable bonds is 13. The van der Waals surface area contributed by atoms with Gasteiger partial charge in [0.15, 0.2) is 0 Å². The van der Waals surface area contributed by atoms with E-state index < -0.39 is 5.97 Å². The molecule has 2 aliphatic heterocycles. The highest BCUT2D eigenvalue weighted by atomic mass is 32.2. The van der Waals surface area contributed by atoms with Gasteiger partial charge in [-0.1, -0.05) is 75.3 Å². The molecule has 0 aromatic carbocycles. The zero-order valence-electron chi connectivity index (χ0n) is 23.2. The minimum absolute atomic E-state index is 0.111. The average Bonchev–Trinajstić information content (AvgIpc) is 3.07. The van der Waals surface area contributed by atoms with Crippen LogP contribution in [0.5, 0.6) is 0 Å². The molecule has 2 aliphatic rings. The Hall–Kier alpha value is -2.64. The van der Waals surface area contributed by atoms with Crippen molar-refractivity contribution in [2.45, 2.75) is 90.4 Å². The van der Waals surface area contributed by atoms with Crippen LogP contribution in [0.3, 0.4) is 0 Å². The number of carbonyl (C=O) groups is 2. The van der Waals surface area contributed by atoms with E-state index in [4.69, 9.17) is 17.3 Å². The number of anilines is 1. The fourth-order valence-electron chi connectivity index (χ4n) is 5.31. The van der Waals surface area contributed by atoms with Crippen molar-refractivity contribution in [1.82, 2.24) is 9.47 Å². The summed E-state index contributed by atoms with van der Waals surface area (Å²) >= 11 is 6.85. The molecule has 0 aliphatic carbocycles. The fraction of sp³-hybridized carbons (Fsp3) is 0.621. The van der Waals surface area contributed by atoms with Gasteiger partial charge in [0.2, 0.25) is 0 Å². The number of nitrogens with zero attached hydrogens (tertiary/aromatic N) is 4. The van der Waals surface area contributed by atoms with Crippen LogP contribution < -0.4 is 10.5 Å². The molecular weight excluding hydrogens is 532 g/mol. The first-order chi connectivity index (χ1) is 18.8. The van der Waals surface area contributed by atoms with Gasteiger partial charge in [0.25, 0.3) is 11.5 Å². The average molecular weight is 573 g/mol. The lowest BCUT2D eigenvalue weighted by atomic mass is 10.0. The van der Waals surface area contributed by atoms with Gasteiger partial charge >= 0.3 is 5.97 Å². The van der Waals surface area contributed by atoms with Crippen LogP contribution in [0.15, 0.2) is 9.70 Å². The molecule has 8 nitrogen and oxygen atoms in total. The van der Waals surface area contributed by atoms with Crippen LogP contribution in [-0.4, -0.2) is 50.4 Å². The van der Waals surface area contributed by atoms with Gasteiger partial charge in [-0.05, 0) is 44.2 Å². The minimum Gasteiger partial charge on any atom is -0.481 e. The molecule has 0 atom stereocenters. The summed E-state index contributed by atoms with van der Waals surface area (Å²) in [5.74, 6) is -0.0709. The van der Waals surface area contributed by atoms with E-state index in [1.807, 2.05) is 6.08 Å². The van der Waals surface area contributed by atoms with E-state index in [1.165, 1.54) is 11.8 Å². The molecule has 3 rings (SSSR count). The molecule has 0 saturated carbocycles. The maximum Gasteiger partial charge on any atom is 0.303 e. The van der Waals surface area contributed by atoms with Crippen LogP contribution in [0.2, 0.25) is 0 Å². The molecule has 39 heavy (non-hydrogen) atoms. The topological polar surface area (TPSA) is 107 Å². The summed E-state index contributed by atoms with van der Waals surface area (Å²) in [5, 5.41) is 18.4. The van der Waals surface area contributed by atoms with Crippen LogP contribution in [0.1, 0.15) is 100 Å². The van der Waals surface area contributed by atoms with Crippen LogP contribution in [0.25, 0.3) is 6.08 Å². The number of hydrogen-bond acceptors (Lipinski definition) is 7. The smallest absolute Gasteiger partial charge is 0.303 e. The maximum absolute atomic E-state index is 13.4. The number of aliphatic carboxylic acids is 1. The third-order valence-electron chi connectivity index (χ3n) is 7.54. The molecule has 1 amide bonds. The fourth-order valence-corrected chi connectivity index (χ4v) is 6.60. The second-order valence-electron chi connectivity index (χ2n) is 10.4. The Labute approximate surface area is 241 Å². The van der Waals surface area contributed by atoms with Gasteiger partial charge in [0.05, 0.1) is 4.91 Å². The van der Waals surface area contributed by atoms with Crippen LogP contribution in [-0.2, 0) is 16.6 Å². The highest BCUT2D eigenvalue weighted by Gasteiger charge is 2.32. The van der Waals surface area contributed by atoms with Gasteiger partial charge in [-0.25, -0.2) is 0 Å². The molecule has 2 fully saturated rings. The van der Waals surface area contributed by atoms with Gasteiger partial charge < -0.3 is 10.0 Å². The molecule has 0 unspecified atom stereocenters. The highest BCUT2D eigenvalue weighted by Crippen LogP contribution is 2.36. The summed E-state index contributed by atoms with van der Waals surface area (Å²) in [6, 6.07) is 2.07. The quantitative estimate of drug-likeness (QED) is 0.181. The SMILES string of the molecule is Cc1c(C=C2SC(=S)N(CCCCCCCCCCC(=O)O)C2=O)c(N2CCCCCC2)n(C)c(=O)c1C#N. The number of thiocarbonyl (C=S) groups is 1. The first kappa shape index (κ1) is 30.9. The number of amides is 1. The number of aromatic nitrogens is 1. The summed E-state index contributed by atoms with van der Waals surface area (Å²) in [4.78, 5) is 41.3. The predicted molar refractivity (Wildman–Crippen MR) is 161 cm³/mol. The van der Waals surface area contributed by atoms with Gasteiger partial charge in [0.1, 0.15) is 21.8 Å². The number of hydrogen-bond donors (Lipinski definition) is 1. The number of nitriles is 1. The van der Waals surface area contributed by atoms with Gasteiger partial charge in [0, 0.05) is 38.7 Å². The maximum atomic E-state index is 13.4. The Morgan fingerprint density at radius 2 is 1.62 bits per heavy atom. The van der Waals surface area contributed by atoms with Gasteiger partial charge in [-0.2, -0.15) is 5.26 Å². The first-order valence-electron chi connectivity index (χ1n) is 14.1. The summed E-state index contributed by atoms with van der Waals surface area (Å²) in [6.07, 6.45) is 14.4.